The molecule has 0 bridgehead atoms. The standard InChI is InChI=1S/C19H33N5O2S/c1-4-9-23-14-20-21-18(23)17-12-24(27(25,26)16-5-6-16)13-19(17)7-10-22(11-8-19)15(2)3/h14-17H,4-13H2,1-3H3. The number of likely N-dealkylation sites (tertiary alicyclic amines) is 1. The highest BCUT2D eigenvalue weighted by Crippen LogP contribution is 2.51. The minimum Gasteiger partial charge on any atom is -0.317 e. The molecule has 4 rings (SSSR count). The molecule has 7 nitrogen and oxygen atoms in total. The smallest absolute Gasteiger partial charge is 0.217 e. The van der Waals surface area contributed by atoms with Gasteiger partial charge >= 0.3 is 0 Å². The van der Waals surface area contributed by atoms with Crippen LogP contribution < -0.4 is 0 Å². The van der Waals surface area contributed by atoms with E-state index >= 15 is 0 Å². The van der Waals surface area contributed by atoms with Crippen molar-refractivity contribution in [1.82, 2.24) is 24.0 Å². The monoisotopic (exact) mass is 395 g/mol. The van der Waals surface area contributed by atoms with E-state index in [1.165, 1.54) is 0 Å². The lowest BCUT2D eigenvalue weighted by atomic mass is 9.70. The molecule has 1 saturated carbocycles. The van der Waals surface area contributed by atoms with Gasteiger partial charge in [-0.2, -0.15) is 0 Å². The lowest BCUT2D eigenvalue weighted by Crippen LogP contribution is -2.46. The predicted octanol–water partition coefficient (Wildman–Crippen LogP) is 2.07. The first-order chi connectivity index (χ1) is 12.9. The molecule has 8 heteroatoms. The quantitative estimate of drug-likeness (QED) is 0.737. The molecule has 2 saturated heterocycles. The first-order valence-corrected chi connectivity index (χ1v) is 12.0. The summed E-state index contributed by atoms with van der Waals surface area (Å²) in [7, 11) is -3.16. The molecular weight excluding hydrogens is 362 g/mol. The summed E-state index contributed by atoms with van der Waals surface area (Å²) in [6, 6.07) is 0.539. The van der Waals surface area contributed by atoms with E-state index in [0.29, 0.717) is 19.1 Å². The highest BCUT2D eigenvalue weighted by atomic mass is 32.2. The number of hydrogen-bond donors (Lipinski definition) is 0. The van der Waals surface area contributed by atoms with E-state index in [2.05, 4.69) is 40.4 Å². The maximum absolute atomic E-state index is 13.0. The third-order valence-electron chi connectivity index (χ3n) is 6.87. The molecule has 3 heterocycles. The van der Waals surface area contributed by atoms with Crippen molar-refractivity contribution >= 4 is 10.0 Å². The SMILES string of the molecule is CCCn1cnnc1C1CN(S(=O)(=O)C2CC2)CC12CCN(C(C)C)CC2. The van der Waals surface area contributed by atoms with Crippen molar-refractivity contribution in [2.45, 2.75) is 76.6 Å². The van der Waals surface area contributed by atoms with Crippen molar-refractivity contribution in [3.63, 3.8) is 0 Å². The van der Waals surface area contributed by atoms with E-state index < -0.39 is 10.0 Å². The minimum absolute atomic E-state index is 0.00806. The second-order valence-electron chi connectivity index (χ2n) is 8.96. The van der Waals surface area contributed by atoms with Crippen molar-refractivity contribution in [2.24, 2.45) is 5.41 Å². The summed E-state index contributed by atoms with van der Waals surface area (Å²) < 4.78 is 29.9. The summed E-state index contributed by atoms with van der Waals surface area (Å²) in [4.78, 5) is 2.51. The summed E-state index contributed by atoms with van der Waals surface area (Å²) in [6.07, 6.45) is 6.55. The lowest BCUT2D eigenvalue weighted by Gasteiger charge is -2.43. The Labute approximate surface area is 163 Å². The summed E-state index contributed by atoms with van der Waals surface area (Å²) in [5.41, 5.74) is -0.00806. The molecule has 1 unspecified atom stereocenters. The van der Waals surface area contributed by atoms with Crippen molar-refractivity contribution in [2.75, 3.05) is 26.2 Å². The van der Waals surface area contributed by atoms with E-state index in [1.807, 2.05) is 6.33 Å². The Morgan fingerprint density at radius 1 is 1.26 bits per heavy atom. The maximum Gasteiger partial charge on any atom is 0.217 e. The topological polar surface area (TPSA) is 71.3 Å². The number of aromatic nitrogens is 3. The van der Waals surface area contributed by atoms with Gasteiger partial charge in [-0.05, 0) is 64.5 Å². The average Bonchev–Trinajstić information content (AvgIpc) is 3.31. The number of hydrogen-bond acceptors (Lipinski definition) is 5. The zero-order valence-corrected chi connectivity index (χ0v) is 17.7. The van der Waals surface area contributed by atoms with Crippen LogP contribution in [0.3, 0.4) is 0 Å². The van der Waals surface area contributed by atoms with Crippen molar-refractivity contribution in [3.8, 4) is 0 Å². The predicted molar refractivity (Wildman–Crippen MR) is 105 cm³/mol. The first-order valence-electron chi connectivity index (χ1n) is 10.5. The molecule has 1 aliphatic carbocycles. The van der Waals surface area contributed by atoms with Gasteiger partial charge in [-0.1, -0.05) is 6.92 Å². The van der Waals surface area contributed by atoms with Gasteiger partial charge in [-0.3, -0.25) is 0 Å². The fourth-order valence-electron chi connectivity index (χ4n) is 4.99. The van der Waals surface area contributed by atoms with Crippen LogP contribution >= 0.6 is 0 Å². The number of rotatable bonds is 6. The fourth-order valence-corrected chi connectivity index (χ4v) is 6.94. The molecule has 0 radical (unpaired) electrons. The average molecular weight is 396 g/mol. The Hall–Kier alpha value is -0.990. The minimum atomic E-state index is -3.16. The Balaban J connectivity index is 1.64. The molecule has 1 spiro atoms. The second kappa shape index (κ2) is 7.12. The Morgan fingerprint density at radius 3 is 2.56 bits per heavy atom. The lowest BCUT2D eigenvalue weighted by molar-refractivity contribution is 0.0789. The molecule has 1 aromatic heterocycles. The van der Waals surface area contributed by atoms with Crippen molar-refractivity contribution in [1.29, 1.82) is 0 Å². The summed E-state index contributed by atoms with van der Waals surface area (Å²) in [5.74, 6) is 1.14. The number of sulfonamides is 1. The molecular formula is C19H33N5O2S. The molecule has 0 aromatic carbocycles. The zero-order valence-electron chi connectivity index (χ0n) is 16.8. The van der Waals surface area contributed by atoms with Crippen molar-refractivity contribution in [3.05, 3.63) is 12.2 Å². The third kappa shape index (κ3) is 3.44. The van der Waals surface area contributed by atoms with E-state index in [0.717, 1.165) is 57.6 Å². The van der Waals surface area contributed by atoms with Gasteiger partial charge < -0.3 is 9.47 Å². The van der Waals surface area contributed by atoms with E-state index in [-0.39, 0.29) is 16.6 Å². The van der Waals surface area contributed by atoms with E-state index in [4.69, 9.17) is 0 Å². The van der Waals surface area contributed by atoms with Crippen LogP contribution in [0, 0.1) is 5.41 Å². The Morgan fingerprint density at radius 2 is 1.96 bits per heavy atom. The van der Waals surface area contributed by atoms with Crippen molar-refractivity contribution < 1.29 is 8.42 Å². The van der Waals surface area contributed by atoms with Crippen LogP contribution in [-0.2, 0) is 16.6 Å². The molecule has 152 valence electrons. The first kappa shape index (κ1) is 19.3. The highest BCUT2D eigenvalue weighted by molar-refractivity contribution is 7.90. The van der Waals surface area contributed by atoms with Crippen LogP contribution in [0.2, 0.25) is 0 Å². The maximum atomic E-state index is 13.0. The number of aryl methyl sites for hydroxylation is 1. The van der Waals surface area contributed by atoms with Crippen LogP contribution in [-0.4, -0.2) is 69.9 Å². The Kier molecular flexibility index (Phi) is 5.10. The van der Waals surface area contributed by atoms with Gasteiger partial charge in [0.15, 0.2) is 0 Å². The molecule has 0 amide bonds. The second-order valence-corrected chi connectivity index (χ2v) is 11.2. The molecule has 0 N–H and O–H groups in total. The molecule has 1 atom stereocenters. The normalized spacial score (nSPS) is 27.0. The summed E-state index contributed by atoms with van der Waals surface area (Å²) in [5, 5.41) is 8.51. The van der Waals surface area contributed by atoms with Gasteiger partial charge in [0.2, 0.25) is 10.0 Å². The molecule has 1 aromatic rings. The number of piperidine rings is 1. The zero-order chi connectivity index (χ0) is 19.2. The van der Waals surface area contributed by atoms with Crippen LogP contribution in [0.4, 0.5) is 0 Å². The van der Waals surface area contributed by atoms with Gasteiger partial charge in [0, 0.05) is 31.6 Å². The highest BCUT2D eigenvalue weighted by Gasteiger charge is 2.55. The molecule has 3 fully saturated rings. The van der Waals surface area contributed by atoms with Crippen LogP contribution in [0.1, 0.15) is 64.6 Å². The van der Waals surface area contributed by atoms with Gasteiger partial charge in [0.25, 0.3) is 0 Å². The molecule has 3 aliphatic rings. The third-order valence-corrected chi connectivity index (χ3v) is 9.18. The van der Waals surface area contributed by atoms with Gasteiger partial charge in [-0.25, -0.2) is 12.7 Å². The van der Waals surface area contributed by atoms with Crippen LogP contribution in [0.5, 0.6) is 0 Å². The summed E-state index contributed by atoms with van der Waals surface area (Å²) >= 11 is 0. The van der Waals surface area contributed by atoms with Gasteiger partial charge in [-0.15, -0.1) is 10.2 Å². The largest absolute Gasteiger partial charge is 0.317 e. The van der Waals surface area contributed by atoms with Crippen LogP contribution in [0.25, 0.3) is 0 Å². The number of nitrogens with zero attached hydrogens (tertiary/aromatic N) is 5. The van der Waals surface area contributed by atoms with Gasteiger partial charge in [0.05, 0.1) is 5.25 Å². The van der Waals surface area contributed by atoms with E-state index in [1.54, 1.807) is 4.31 Å². The fraction of sp³-hybridized carbons (Fsp3) is 0.895. The van der Waals surface area contributed by atoms with Gasteiger partial charge in [0.1, 0.15) is 12.2 Å². The molecule has 27 heavy (non-hydrogen) atoms. The molecule has 2 aliphatic heterocycles. The van der Waals surface area contributed by atoms with E-state index in [9.17, 15) is 8.42 Å². The summed E-state index contributed by atoms with van der Waals surface area (Å²) in [6.45, 7) is 10.8. The Bertz CT molecular complexity index is 763. The van der Waals surface area contributed by atoms with Crippen LogP contribution in [0.15, 0.2) is 6.33 Å².